The number of carboxylic acids is 1. The Kier molecular flexibility index (Phi) is 5.82. The summed E-state index contributed by atoms with van der Waals surface area (Å²) in [5.74, 6) is -1.96. The van der Waals surface area contributed by atoms with Crippen molar-refractivity contribution < 1.29 is 19.8 Å². The Hall–Kier alpha value is -1.56. The van der Waals surface area contributed by atoms with Crippen LogP contribution in [0.2, 0.25) is 10.0 Å². The van der Waals surface area contributed by atoms with Crippen molar-refractivity contribution in [1.29, 1.82) is 0 Å². The van der Waals surface area contributed by atoms with Gasteiger partial charge in [-0.05, 0) is 18.2 Å². The molecule has 3 N–H and O–H groups in total. The van der Waals surface area contributed by atoms with Gasteiger partial charge in [-0.25, -0.2) is 4.79 Å². The van der Waals surface area contributed by atoms with Crippen LogP contribution in [0.15, 0.2) is 24.3 Å². The summed E-state index contributed by atoms with van der Waals surface area (Å²) in [6.45, 7) is -0.380. The van der Waals surface area contributed by atoms with E-state index in [9.17, 15) is 9.59 Å². The summed E-state index contributed by atoms with van der Waals surface area (Å²) in [4.78, 5) is 21.7. The van der Waals surface area contributed by atoms with E-state index in [4.69, 9.17) is 33.4 Å². The van der Waals surface area contributed by atoms with Crippen molar-refractivity contribution in [2.75, 3.05) is 6.54 Å². The first-order valence-corrected chi connectivity index (χ1v) is 5.98. The van der Waals surface area contributed by atoms with Crippen LogP contribution in [0.3, 0.4) is 0 Å². The Morgan fingerprint density at radius 1 is 1.32 bits per heavy atom. The molecule has 7 heteroatoms. The zero-order valence-corrected chi connectivity index (χ0v) is 11.1. The molecule has 1 aromatic carbocycles. The fourth-order valence-corrected chi connectivity index (χ4v) is 1.70. The second-order valence-corrected chi connectivity index (χ2v) is 4.38. The molecular formula is C12H11Cl2NO4. The third kappa shape index (κ3) is 4.90. The maximum absolute atomic E-state index is 11.4. The van der Waals surface area contributed by atoms with Crippen molar-refractivity contribution in [1.82, 2.24) is 5.32 Å². The van der Waals surface area contributed by atoms with Gasteiger partial charge in [-0.1, -0.05) is 29.3 Å². The lowest BCUT2D eigenvalue weighted by molar-refractivity contribution is -0.146. The van der Waals surface area contributed by atoms with Gasteiger partial charge in [0.1, 0.15) is 0 Å². The van der Waals surface area contributed by atoms with E-state index in [0.717, 1.165) is 6.08 Å². The van der Waals surface area contributed by atoms with Gasteiger partial charge in [0, 0.05) is 21.7 Å². The standard InChI is InChI=1S/C12H11Cl2NO4/c13-8-2-1-3-9(14)7(8)4-5-11(17)15-6-10(16)12(18)19/h1-5,10,16H,6H2,(H,15,17)(H,18,19). The van der Waals surface area contributed by atoms with Gasteiger partial charge >= 0.3 is 5.97 Å². The highest BCUT2D eigenvalue weighted by Crippen LogP contribution is 2.25. The first-order valence-electron chi connectivity index (χ1n) is 5.22. The summed E-state index contributed by atoms with van der Waals surface area (Å²) in [6, 6.07) is 4.92. The molecule has 0 fully saturated rings. The van der Waals surface area contributed by atoms with Gasteiger partial charge in [0.25, 0.3) is 0 Å². The zero-order valence-electron chi connectivity index (χ0n) is 9.64. The molecule has 0 saturated heterocycles. The lowest BCUT2D eigenvalue weighted by atomic mass is 10.2. The lowest BCUT2D eigenvalue weighted by Crippen LogP contribution is -2.35. The number of benzene rings is 1. The van der Waals surface area contributed by atoms with Gasteiger partial charge < -0.3 is 15.5 Å². The average Bonchev–Trinajstić information content (AvgIpc) is 2.35. The minimum atomic E-state index is -1.64. The fraction of sp³-hybridized carbons (Fsp3) is 0.167. The van der Waals surface area contributed by atoms with Gasteiger partial charge in [0.05, 0.1) is 6.54 Å². The van der Waals surface area contributed by atoms with Crippen LogP contribution in [-0.4, -0.2) is 34.7 Å². The predicted octanol–water partition coefficient (Wildman–Crippen LogP) is 1.57. The number of aliphatic hydroxyl groups excluding tert-OH is 1. The van der Waals surface area contributed by atoms with Gasteiger partial charge in [-0.3, -0.25) is 4.79 Å². The van der Waals surface area contributed by atoms with Crippen LogP contribution in [0.1, 0.15) is 5.56 Å². The molecule has 1 amide bonds. The smallest absolute Gasteiger partial charge is 0.334 e. The molecule has 0 heterocycles. The van der Waals surface area contributed by atoms with Gasteiger partial charge in [0.2, 0.25) is 5.91 Å². The van der Waals surface area contributed by atoms with E-state index in [1.54, 1.807) is 18.2 Å². The Morgan fingerprint density at radius 3 is 2.42 bits per heavy atom. The molecule has 5 nitrogen and oxygen atoms in total. The molecule has 1 unspecified atom stereocenters. The Labute approximate surface area is 119 Å². The van der Waals surface area contributed by atoms with Crippen molar-refractivity contribution in [2.24, 2.45) is 0 Å². The van der Waals surface area contributed by atoms with E-state index in [1.165, 1.54) is 6.08 Å². The molecule has 0 radical (unpaired) electrons. The van der Waals surface area contributed by atoms with Gasteiger partial charge in [-0.15, -0.1) is 0 Å². The molecule has 102 valence electrons. The number of hydrogen-bond acceptors (Lipinski definition) is 3. The van der Waals surface area contributed by atoms with Gasteiger partial charge in [-0.2, -0.15) is 0 Å². The molecule has 1 atom stereocenters. The predicted molar refractivity (Wildman–Crippen MR) is 72.1 cm³/mol. The highest BCUT2D eigenvalue weighted by atomic mass is 35.5. The SMILES string of the molecule is O=C(C=Cc1c(Cl)cccc1Cl)NCC(O)C(=O)O. The molecule has 0 aromatic heterocycles. The quantitative estimate of drug-likeness (QED) is 0.721. The third-order valence-electron chi connectivity index (χ3n) is 2.16. The number of rotatable bonds is 5. The van der Waals surface area contributed by atoms with Crippen molar-refractivity contribution in [3.63, 3.8) is 0 Å². The molecule has 0 bridgehead atoms. The summed E-state index contributed by atoms with van der Waals surface area (Å²) in [7, 11) is 0. The van der Waals surface area contributed by atoms with Gasteiger partial charge in [0.15, 0.2) is 6.10 Å². The van der Waals surface area contributed by atoms with E-state index in [-0.39, 0.29) is 6.54 Å². The second-order valence-electron chi connectivity index (χ2n) is 3.57. The summed E-state index contributed by atoms with van der Waals surface area (Å²) in [6.07, 6.45) is 0.927. The Morgan fingerprint density at radius 2 is 1.89 bits per heavy atom. The highest BCUT2D eigenvalue weighted by molar-refractivity contribution is 6.37. The number of aliphatic carboxylic acids is 1. The Balaban J connectivity index is 2.62. The average molecular weight is 304 g/mol. The van der Waals surface area contributed by atoms with E-state index >= 15 is 0 Å². The molecule has 0 aliphatic rings. The maximum atomic E-state index is 11.4. The van der Waals surface area contributed by atoms with Crippen molar-refractivity contribution in [2.45, 2.75) is 6.10 Å². The molecule has 0 aliphatic heterocycles. The van der Waals surface area contributed by atoms with Crippen LogP contribution in [0.5, 0.6) is 0 Å². The number of carboxylic acid groups (broad SMARTS) is 1. The van der Waals surface area contributed by atoms with Crippen LogP contribution in [0, 0.1) is 0 Å². The monoisotopic (exact) mass is 303 g/mol. The number of halogens is 2. The van der Waals surface area contributed by atoms with Crippen LogP contribution < -0.4 is 5.32 Å². The largest absolute Gasteiger partial charge is 0.479 e. The lowest BCUT2D eigenvalue weighted by Gasteiger charge is -2.05. The Bertz CT molecular complexity index is 496. The minimum Gasteiger partial charge on any atom is -0.479 e. The van der Waals surface area contributed by atoms with E-state index in [1.807, 2.05) is 0 Å². The van der Waals surface area contributed by atoms with E-state index in [2.05, 4.69) is 5.32 Å². The van der Waals surface area contributed by atoms with E-state index in [0.29, 0.717) is 15.6 Å². The molecule has 19 heavy (non-hydrogen) atoms. The highest BCUT2D eigenvalue weighted by Gasteiger charge is 2.13. The second kappa shape index (κ2) is 7.13. The topological polar surface area (TPSA) is 86.6 Å². The summed E-state index contributed by atoms with van der Waals surface area (Å²) in [5.41, 5.74) is 0.486. The summed E-state index contributed by atoms with van der Waals surface area (Å²) < 4.78 is 0. The van der Waals surface area contributed by atoms with Crippen LogP contribution >= 0.6 is 23.2 Å². The molecule has 1 aromatic rings. The number of nitrogens with one attached hydrogen (secondary N) is 1. The van der Waals surface area contributed by atoms with Crippen LogP contribution in [-0.2, 0) is 9.59 Å². The molecular weight excluding hydrogens is 293 g/mol. The normalized spacial score (nSPS) is 12.4. The van der Waals surface area contributed by atoms with Crippen LogP contribution in [0.4, 0.5) is 0 Å². The molecule has 0 spiro atoms. The first-order chi connectivity index (χ1) is 8.91. The summed E-state index contributed by atoms with van der Waals surface area (Å²) >= 11 is 11.8. The number of aliphatic hydroxyl groups is 1. The van der Waals surface area contributed by atoms with E-state index < -0.39 is 18.0 Å². The molecule has 1 rings (SSSR count). The zero-order chi connectivity index (χ0) is 14.4. The number of carbonyl (C=O) groups excluding carboxylic acids is 1. The number of hydrogen-bond donors (Lipinski definition) is 3. The van der Waals surface area contributed by atoms with Crippen LogP contribution in [0.25, 0.3) is 6.08 Å². The molecule has 0 saturated carbocycles. The summed E-state index contributed by atoms with van der Waals surface area (Å²) in [5, 5.41) is 20.4. The maximum Gasteiger partial charge on any atom is 0.334 e. The minimum absolute atomic E-state index is 0.380. The van der Waals surface area contributed by atoms with Crippen molar-refractivity contribution in [3.8, 4) is 0 Å². The van der Waals surface area contributed by atoms with Crippen molar-refractivity contribution >= 4 is 41.2 Å². The molecule has 0 aliphatic carbocycles. The number of carbonyl (C=O) groups is 2. The number of amides is 1. The van der Waals surface area contributed by atoms with Crippen molar-refractivity contribution in [3.05, 3.63) is 39.9 Å². The fourth-order valence-electron chi connectivity index (χ4n) is 1.17. The third-order valence-corrected chi connectivity index (χ3v) is 2.81. The first kappa shape index (κ1) is 15.5.